The first-order valence-electron chi connectivity index (χ1n) is 12.1. The molecular weight excluding hydrogens is 412 g/mol. The second-order valence-electron chi connectivity index (χ2n) is 9.35. The maximum absolute atomic E-state index is 5.90. The van der Waals surface area contributed by atoms with E-state index in [4.69, 9.17) is 10.7 Å². The highest BCUT2D eigenvalue weighted by Crippen LogP contribution is 2.37. The summed E-state index contributed by atoms with van der Waals surface area (Å²) in [7, 11) is 0. The fourth-order valence-corrected chi connectivity index (χ4v) is 5.51. The van der Waals surface area contributed by atoms with Gasteiger partial charge in [-0.15, -0.1) is 0 Å². The number of nitrogens with zero attached hydrogens (tertiary/aromatic N) is 6. The molecule has 1 aliphatic heterocycles. The second kappa shape index (κ2) is 8.59. The number of fused-ring (bicyclic) bond motifs is 3. The third kappa shape index (κ3) is 3.78. The Kier molecular flexibility index (Phi) is 5.30. The average molecular weight is 443 g/mol. The summed E-state index contributed by atoms with van der Waals surface area (Å²) < 4.78 is 2.37. The predicted octanol–water partition coefficient (Wildman–Crippen LogP) is 4.41. The smallest absolute Gasteiger partial charge is 0.230 e. The third-order valence-electron chi connectivity index (χ3n) is 7.24. The predicted molar refractivity (Wildman–Crippen MR) is 132 cm³/mol. The maximum atomic E-state index is 5.90. The van der Waals surface area contributed by atoms with Crippen LogP contribution in [0.1, 0.15) is 44.6 Å². The molecule has 33 heavy (non-hydrogen) atoms. The van der Waals surface area contributed by atoms with Crippen molar-refractivity contribution in [1.29, 1.82) is 0 Å². The first kappa shape index (κ1) is 20.4. The summed E-state index contributed by atoms with van der Waals surface area (Å²) in [6.45, 7) is 2.81. The molecule has 3 N–H and O–H groups in total. The Morgan fingerprint density at radius 3 is 2.70 bits per heavy atom. The van der Waals surface area contributed by atoms with Crippen LogP contribution in [0.3, 0.4) is 0 Å². The Morgan fingerprint density at radius 2 is 1.88 bits per heavy atom. The number of pyridine rings is 2. The molecule has 1 unspecified atom stereocenters. The van der Waals surface area contributed by atoms with E-state index in [9.17, 15) is 0 Å². The summed E-state index contributed by atoms with van der Waals surface area (Å²) in [5.41, 5.74) is 9.16. The lowest BCUT2D eigenvalue weighted by molar-refractivity contribution is 0.423. The van der Waals surface area contributed by atoms with Gasteiger partial charge in [0, 0.05) is 42.3 Å². The molecule has 1 saturated heterocycles. The molecule has 8 nitrogen and oxygen atoms in total. The Labute approximate surface area is 193 Å². The quantitative estimate of drug-likeness (QED) is 0.472. The van der Waals surface area contributed by atoms with E-state index < -0.39 is 0 Å². The van der Waals surface area contributed by atoms with Gasteiger partial charge >= 0.3 is 0 Å². The Hall–Kier alpha value is -3.26. The minimum Gasteiger partial charge on any atom is -0.370 e. The molecule has 0 bridgehead atoms. The van der Waals surface area contributed by atoms with Gasteiger partial charge in [0.25, 0.3) is 0 Å². The van der Waals surface area contributed by atoms with Crippen molar-refractivity contribution in [3.8, 4) is 0 Å². The Balaban J connectivity index is 1.29. The van der Waals surface area contributed by atoms with Gasteiger partial charge in [-0.3, -0.25) is 4.98 Å². The van der Waals surface area contributed by atoms with E-state index in [0.717, 1.165) is 47.7 Å². The van der Waals surface area contributed by atoms with Crippen LogP contribution in [0.2, 0.25) is 0 Å². The summed E-state index contributed by atoms with van der Waals surface area (Å²) in [6, 6.07) is 6.66. The molecule has 4 aromatic heterocycles. The SMILES string of the molecule is NCC1CCCN(c2ccc(Nc3ncc4c5ccncc5n(C5CCCC5)c4n3)nc2)C1. The van der Waals surface area contributed by atoms with E-state index in [2.05, 4.69) is 41.9 Å². The van der Waals surface area contributed by atoms with Crippen molar-refractivity contribution in [3.05, 3.63) is 43.0 Å². The minimum absolute atomic E-state index is 0.469. The van der Waals surface area contributed by atoms with Gasteiger partial charge in [0.2, 0.25) is 5.95 Å². The zero-order valence-electron chi connectivity index (χ0n) is 18.8. The van der Waals surface area contributed by atoms with Crippen LogP contribution in [-0.4, -0.2) is 44.1 Å². The molecule has 1 saturated carbocycles. The van der Waals surface area contributed by atoms with Crippen molar-refractivity contribution in [2.45, 2.75) is 44.6 Å². The van der Waals surface area contributed by atoms with Gasteiger partial charge in [0.05, 0.1) is 23.6 Å². The molecule has 2 fully saturated rings. The van der Waals surface area contributed by atoms with Crippen molar-refractivity contribution in [2.24, 2.45) is 11.7 Å². The van der Waals surface area contributed by atoms with E-state index in [1.807, 2.05) is 30.9 Å². The highest BCUT2D eigenvalue weighted by Gasteiger charge is 2.23. The van der Waals surface area contributed by atoms with Crippen LogP contribution in [0.5, 0.6) is 0 Å². The molecule has 6 rings (SSSR count). The molecule has 0 aromatic carbocycles. The number of rotatable bonds is 5. The molecule has 0 spiro atoms. The van der Waals surface area contributed by atoms with E-state index >= 15 is 0 Å². The number of anilines is 3. The minimum atomic E-state index is 0.469. The zero-order chi connectivity index (χ0) is 22.2. The summed E-state index contributed by atoms with van der Waals surface area (Å²) >= 11 is 0. The summed E-state index contributed by atoms with van der Waals surface area (Å²) in [6.07, 6.45) is 15.0. The van der Waals surface area contributed by atoms with Crippen LogP contribution >= 0.6 is 0 Å². The highest BCUT2D eigenvalue weighted by molar-refractivity contribution is 6.06. The van der Waals surface area contributed by atoms with Crippen LogP contribution in [0.25, 0.3) is 21.9 Å². The number of nitrogens with two attached hydrogens (primary N) is 1. The normalized spacial score (nSPS) is 19.5. The van der Waals surface area contributed by atoms with Crippen LogP contribution in [0, 0.1) is 5.92 Å². The van der Waals surface area contributed by atoms with Gasteiger partial charge in [-0.2, -0.15) is 4.98 Å². The maximum Gasteiger partial charge on any atom is 0.230 e. The molecule has 1 aliphatic carbocycles. The van der Waals surface area contributed by atoms with Crippen LogP contribution in [-0.2, 0) is 0 Å². The van der Waals surface area contributed by atoms with Crippen molar-refractivity contribution < 1.29 is 0 Å². The number of hydrogen-bond acceptors (Lipinski definition) is 7. The average Bonchev–Trinajstić information content (AvgIpc) is 3.50. The molecular formula is C25H30N8. The van der Waals surface area contributed by atoms with Gasteiger partial charge < -0.3 is 20.5 Å². The summed E-state index contributed by atoms with van der Waals surface area (Å²) in [5.74, 6) is 1.88. The number of nitrogens with one attached hydrogen (secondary N) is 1. The van der Waals surface area contributed by atoms with Gasteiger partial charge in [-0.1, -0.05) is 12.8 Å². The van der Waals surface area contributed by atoms with E-state index in [1.54, 1.807) is 0 Å². The summed E-state index contributed by atoms with van der Waals surface area (Å²) in [5, 5.41) is 5.55. The fourth-order valence-electron chi connectivity index (χ4n) is 5.51. The molecule has 0 radical (unpaired) electrons. The molecule has 4 aromatic rings. The van der Waals surface area contributed by atoms with Crippen LogP contribution in [0.4, 0.5) is 17.5 Å². The molecule has 170 valence electrons. The Morgan fingerprint density at radius 1 is 0.970 bits per heavy atom. The fraction of sp³-hybridized carbons (Fsp3) is 0.440. The largest absolute Gasteiger partial charge is 0.370 e. The van der Waals surface area contributed by atoms with Gasteiger partial charge in [-0.25, -0.2) is 9.97 Å². The van der Waals surface area contributed by atoms with E-state index in [-0.39, 0.29) is 0 Å². The highest BCUT2D eigenvalue weighted by atomic mass is 15.2. The topological polar surface area (TPSA) is 97.8 Å². The van der Waals surface area contributed by atoms with Gasteiger partial charge in [0.15, 0.2) is 0 Å². The van der Waals surface area contributed by atoms with Crippen LogP contribution in [0.15, 0.2) is 43.0 Å². The molecule has 5 heterocycles. The van der Waals surface area contributed by atoms with Crippen molar-refractivity contribution in [2.75, 3.05) is 29.9 Å². The second-order valence-corrected chi connectivity index (χ2v) is 9.35. The molecule has 0 amide bonds. The number of aromatic nitrogens is 5. The number of hydrogen-bond donors (Lipinski definition) is 2. The van der Waals surface area contributed by atoms with Crippen molar-refractivity contribution in [1.82, 2.24) is 24.5 Å². The van der Waals surface area contributed by atoms with Crippen molar-refractivity contribution in [3.63, 3.8) is 0 Å². The first-order valence-corrected chi connectivity index (χ1v) is 12.1. The van der Waals surface area contributed by atoms with Crippen molar-refractivity contribution >= 4 is 39.4 Å². The van der Waals surface area contributed by atoms with Gasteiger partial charge in [-0.05, 0) is 56.3 Å². The van der Waals surface area contributed by atoms with E-state index in [1.165, 1.54) is 43.9 Å². The Bertz CT molecular complexity index is 1260. The third-order valence-corrected chi connectivity index (χ3v) is 7.24. The molecule has 8 heteroatoms. The monoisotopic (exact) mass is 442 g/mol. The molecule has 1 atom stereocenters. The van der Waals surface area contributed by atoms with E-state index in [0.29, 0.717) is 17.9 Å². The lowest BCUT2D eigenvalue weighted by atomic mass is 9.98. The number of piperidine rings is 1. The lowest BCUT2D eigenvalue weighted by Gasteiger charge is -2.33. The first-order chi connectivity index (χ1) is 16.3. The molecule has 2 aliphatic rings. The van der Waals surface area contributed by atoms with Gasteiger partial charge in [0.1, 0.15) is 11.5 Å². The lowest BCUT2D eigenvalue weighted by Crippen LogP contribution is -2.38. The standard InChI is InChI=1S/C25H30N8/c26-12-17-4-3-11-32(16-17)19-7-8-23(28-13-19)30-25-29-14-21-20-9-10-27-15-22(20)33(24(21)31-25)18-5-1-2-6-18/h7-10,13-15,17-18H,1-6,11-12,16,26H2,(H,28,29,30,31). The summed E-state index contributed by atoms with van der Waals surface area (Å²) in [4.78, 5) is 20.9. The van der Waals surface area contributed by atoms with Crippen LogP contribution < -0.4 is 16.0 Å². The zero-order valence-corrected chi connectivity index (χ0v) is 18.8.